The van der Waals surface area contributed by atoms with E-state index in [4.69, 9.17) is 23.7 Å². The second-order valence-electron chi connectivity index (χ2n) is 5.89. The van der Waals surface area contributed by atoms with Gasteiger partial charge in [0.1, 0.15) is 25.4 Å². The lowest BCUT2D eigenvalue weighted by Gasteiger charge is -2.42. The van der Waals surface area contributed by atoms with E-state index in [9.17, 15) is 24.3 Å². The van der Waals surface area contributed by atoms with E-state index in [2.05, 4.69) is 11.9 Å². The third kappa shape index (κ3) is 7.62. The average molecular weight is 403 g/mol. The van der Waals surface area contributed by atoms with E-state index in [0.29, 0.717) is 0 Å². The second-order valence-corrected chi connectivity index (χ2v) is 5.89. The maximum Gasteiger partial charge on any atom is 0.303 e. The number of aliphatic hydroxyl groups excluding tert-OH is 1. The van der Waals surface area contributed by atoms with Crippen LogP contribution in [0, 0.1) is 0 Å². The van der Waals surface area contributed by atoms with E-state index < -0.39 is 61.1 Å². The summed E-state index contributed by atoms with van der Waals surface area (Å²) in [4.78, 5) is 45.7. The Bertz CT molecular complexity index is 592. The zero-order valence-corrected chi connectivity index (χ0v) is 15.9. The van der Waals surface area contributed by atoms with Gasteiger partial charge in [0.25, 0.3) is 0 Å². The molecule has 0 bridgehead atoms. The third-order valence-corrected chi connectivity index (χ3v) is 3.49. The zero-order chi connectivity index (χ0) is 21.3. The van der Waals surface area contributed by atoms with E-state index in [-0.39, 0.29) is 13.2 Å². The molecule has 0 aromatic carbocycles. The Morgan fingerprint density at radius 3 is 2.21 bits per heavy atom. The Morgan fingerprint density at radius 2 is 1.68 bits per heavy atom. The number of nitrogens with one attached hydrogen (secondary N) is 1. The Balaban J connectivity index is 2.97. The monoisotopic (exact) mass is 403 g/mol. The average Bonchev–Trinajstić information content (AvgIpc) is 2.60. The molecule has 28 heavy (non-hydrogen) atoms. The van der Waals surface area contributed by atoms with Crippen molar-refractivity contribution in [2.24, 2.45) is 0 Å². The maximum absolute atomic E-state index is 11.7. The summed E-state index contributed by atoms with van der Waals surface area (Å²) in [7, 11) is 0. The molecule has 5 atom stereocenters. The van der Waals surface area contributed by atoms with E-state index in [1.54, 1.807) is 0 Å². The van der Waals surface area contributed by atoms with Crippen LogP contribution in [0.25, 0.3) is 0 Å². The molecule has 0 radical (unpaired) electrons. The molecule has 1 saturated heterocycles. The van der Waals surface area contributed by atoms with Crippen molar-refractivity contribution in [2.75, 3.05) is 19.8 Å². The van der Waals surface area contributed by atoms with Crippen molar-refractivity contribution in [1.82, 2.24) is 5.32 Å². The minimum Gasteiger partial charge on any atom is -0.463 e. The highest BCUT2D eigenvalue weighted by Gasteiger charge is 2.50. The number of hydrogen-bond acceptors (Lipinski definition) is 10. The van der Waals surface area contributed by atoms with Gasteiger partial charge in [0.05, 0.1) is 0 Å². The van der Waals surface area contributed by atoms with Crippen molar-refractivity contribution in [3.63, 3.8) is 0 Å². The normalized spacial score (nSPS) is 26.6. The quantitative estimate of drug-likeness (QED) is 0.274. The highest BCUT2D eigenvalue weighted by Crippen LogP contribution is 2.27. The van der Waals surface area contributed by atoms with Crippen molar-refractivity contribution >= 4 is 23.8 Å². The predicted octanol–water partition coefficient (Wildman–Crippen LogP) is -1.18. The van der Waals surface area contributed by atoms with Gasteiger partial charge in [-0.15, -0.1) is 6.58 Å². The minimum atomic E-state index is -1.57. The Morgan fingerprint density at radius 1 is 1.07 bits per heavy atom. The topological polar surface area (TPSA) is 147 Å². The molecule has 1 heterocycles. The van der Waals surface area contributed by atoms with Gasteiger partial charge in [-0.3, -0.25) is 19.2 Å². The van der Waals surface area contributed by atoms with Crippen molar-refractivity contribution in [3.05, 3.63) is 12.7 Å². The molecule has 1 amide bonds. The largest absolute Gasteiger partial charge is 0.463 e. The number of ether oxygens (including phenoxy) is 5. The fourth-order valence-electron chi connectivity index (χ4n) is 2.42. The van der Waals surface area contributed by atoms with Gasteiger partial charge in [0, 0.05) is 27.3 Å². The molecule has 11 nitrogen and oxygen atoms in total. The molecule has 0 spiro atoms. The van der Waals surface area contributed by atoms with Gasteiger partial charge < -0.3 is 34.1 Å². The Labute approximate surface area is 161 Å². The highest BCUT2D eigenvalue weighted by atomic mass is 16.7. The molecule has 0 aromatic heterocycles. The number of carbonyl (C=O) groups excluding carboxylic acids is 4. The first-order valence-corrected chi connectivity index (χ1v) is 8.46. The predicted molar refractivity (Wildman–Crippen MR) is 91.6 cm³/mol. The van der Waals surface area contributed by atoms with Gasteiger partial charge in [-0.1, -0.05) is 6.08 Å². The molecule has 1 rings (SSSR count). The highest BCUT2D eigenvalue weighted by molar-refractivity contribution is 5.77. The van der Waals surface area contributed by atoms with Gasteiger partial charge in [-0.2, -0.15) is 0 Å². The van der Waals surface area contributed by atoms with Crippen LogP contribution in [0.4, 0.5) is 0 Å². The summed E-state index contributed by atoms with van der Waals surface area (Å²) < 4.78 is 25.8. The zero-order valence-electron chi connectivity index (χ0n) is 15.9. The number of esters is 3. The van der Waals surface area contributed by atoms with Crippen LogP contribution in [0.1, 0.15) is 20.8 Å². The first-order chi connectivity index (χ1) is 13.1. The van der Waals surface area contributed by atoms with E-state index in [0.717, 1.165) is 13.8 Å². The first-order valence-electron chi connectivity index (χ1n) is 8.46. The van der Waals surface area contributed by atoms with Crippen LogP contribution in [-0.4, -0.2) is 79.4 Å². The van der Waals surface area contributed by atoms with Gasteiger partial charge in [0.2, 0.25) is 5.91 Å². The van der Waals surface area contributed by atoms with Crippen LogP contribution in [-0.2, 0) is 42.9 Å². The fraction of sp³-hybridized carbons (Fsp3) is 0.647. The summed E-state index contributed by atoms with van der Waals surface area (Å²) in [6, 6.07) is 0. The smallest absolute Gasteiger partial charge is 0.303 e. The summed E-state index contributed by atoms with van der Waals surface area (Å²) in [5, 5.41) is 12.9. The van der Waals surface area contributed by atoms with Gasteiger partial charge in [-0.25, -0.2) is 0 Å². The van der Waals surface area contributed by atoms with Gasteiger partial charge in [-0.05, 0) is 0 Å². The fourth-order valence-corrected chi connectivity index (χ4v) is 2.42. The molecular weight excluding hydrogens is 378 g/mol. The first kappa shape index (κ1) is 23.5. The molecule has 1 fully saturated rings. The summed E-state index contributed by atoms with van der Waals surface area (Å²) in [5.74, 6) is -2.61. The molecular formula is C17H25NO10. The number of amides is 1. The summed E-state index contributed by atoms with van der Waals surface area (Å²) in [6.45, 7) is 6.23. The van der Waals surface area contributed by atoms with E-state index >= 15 is 0 Å². The molecule has 0 unspecified atom stereocenters. The van der Waals surface area contributed by atoms with Crippen LogP contribution in [0.15, 0.2) is 12.7 Å². The second kappa shape index (κ2) is 11.4. The number of aliphatic hydroxyl groups is 1. The summed E-state index contributed by atoms with van der Waals surface area (Å²) in [6.07, 6.45) is -5.25. The third-order valence-electron chi connectivity index (χ3n) is 3.49. The van der Waals surface area contributed by atoms with Crippen LogP contribution >= 0.6 is 0 Å². The summed E-state index contributed by atoms with van der Waals surface area (Å²) >= 11 is 0. The Kier molecular flexibility index (Phi) is 9.56. The lowest BCUT2D eigenvalue weighted by Crippen LogP contribution is -2.62. The van der Waals surface area contributed by atoms with Crippen LogP contribution in [0.2, 0.25) is 0 Å². The van der Waals surface area contributed by atoms with E-state index in [1.807, 2.05) is 0 Å². The standard InChI is InChI=1S/C17H25NO10/c1-5-6-18-13(22)8-25-17-14(23)16(27-11(4)21)15(26-10(3)20)12(28-17)7-24-9(2)19/h5,12,14-17,23H,1,6-8H2,2-4H3,(H,18,22)/t12-,14-,15-,16-,17+/m1/s1. The molecule has 1 aliphatic heterocycles. The maximum atomic E-state index is 11.7. The molecule has 0 saturated carbocycles. The number of rotatable bonds is 9. The van der Waals surface area contributed by atoms with Crippen molar-refractivity contribution in [3.8, 4) is 0 Å². The molecule has 0 aromatic rings. The van der Waals surface area contributed by atoms with Crippen LogP contribution in [0.5, 0.6) is 0 Å². The molecule has 158 valence electrons. The van der Waals surface area contributed by atoms with Gasteiger partial charge >= 0.3 is 17.9 Å². The van der Waals surface area contributed by atoms with Crippen LogP contribution in [0.3, 0.4) is 0 Å². The van der Waals surface area contributed by atoms with Crippen LogP contribution < -0.4 is 5.32 Å². The molecule has 0 aliphatic carbocycles. The summed E-state index contributed by atoms with van der Waals surface area (Å²) in [5.41, 5.74) is 0. The number of carbonyl (C=O) groups is 4. The Hall–Kier alpha value is -2.50. The molecule has 11 heteroatoms. The lowest BCUT2D eigenvalue weighted by molar-refractivity contribution is -0.304. The van der Waals surface area contributed by atoms with Crippen molar-refractivity contribution in [1.29, 1.82) is 0 Å². The minimum absolute atomic E-state index is 0.218. The number of hydrogen-bond donors (Lipinski definition) is 2. The van der Waals surface area contributed by atoms with E-state index in [1.165, 1.54) is 13.0 Å². The lowest BCUT2D eigenvalue weighted by atomic mass is 9.98. The van der Waals surface area contributed by atoms with Gasteiger partial charge in [0.15, 0.2) is 18.5 Å². The van der Waals surface area contributed by atoms with Crippen molar-refractivity contribution < 1.29 is 48.0 Å². The SMILES string of the molecule is C=CCNC(=O)CO[C@H]1O[C@H](COC(C)=O)[C@@H](OC(C)=O)[C@H](OC(C)=O)[C@H]1O. The molecule has 2 N–H and O–H groups in total. The van der Waals surface area contributed by atoms with Crippen molar-refractivity contribution in [2.45, 2.75) is 51.5 Å². The molecule has 1 aliphatic rings.